The van der Waals surface area contributed by atoms with E-state index < -0.39 is 0 Å². The van der Waals surface area contributed by atoms with Crippen molar-refractivity contribution in [1.82, 2.24) is 14.5 Å². The maximum absolute atomic E-state index is 13.4. The van der Waals surface area contributed by atoms with Gasteiger partial charge in [-0.15, -0.1) is 0 Å². The lowest BCUT2D eigenvalue weighted by Crippen LogP contribution is -2.42. The number of rotatable bonds is 8. The fourth-order valence-electron chi connectivity index (χ4n) is 4.56. The minimum absolute atomic E-state index is 0.0991. The lowest BCUT2D eigenvalue weighted by Gasteiger charge is -2.25. The first-order chi connectivity index (χ1) is 18.5. The summed E-state index contributed by atoms with van der Waals surface area (Å²) in [4.78, 5) is 33.0. The molecule has 38 heavy (non-hydrogen) atoms. The maximum atomic E-state index is 13.4. The van der Waals surface area contributed by atoms with Gasteiger partial charge in [-0.25, -0.2) is 4.98 Å². The molecule has 1 aliphatic heterocycles. The number of carbonyl (C=O) groups excluding carboxylic acids is 2. The van der Waals surface area contributed by atoms with E-state index in [1.165, 1.54) is 4.90 Å². The third-order valence-corrected chi connectivity index (χ3v) is 6.72. The number of ether oxygens (including phenoxy) is 1. The first-order valence-corrected chi connectivity index (χ1v) is 13.0. The van der Waals surface area contributed by atoms with Crippen molar-refractivity contribution in [3.63, 3.8) is 0 Å². The van der Waals surface area contributed by atoms with Crippen LogP contribution in [0, 0.1) is 6.92 Å². The van der Waals surface area contributed by atoms with E-state index in [1.807, 2.05) is 72.3 Å². The first-order valence-electron chi connectivity index (χ1n) is 12.6. The van der Waals surface area contributed by atoms with Crippen LogP contribution in [0.1, 0.15) is 28.8 Å². The van der Waals surface area contributed by atoms with Gasteiger partial charge in [-0.2, -0.15) is 0 Å². The van der Waals surface area contributed by atoms with Gasteiger partial charge < -0.3 is 9.64 Å². The van der Waals surface area contributed by atoms with E-state index in [4.69, 9.17) is 21.3 Å². The lowest BCUT2D eigenvalue weighted by molar-refractivity contribution is -0.117. The molecule has 1 aromatic heterocycles. The SMILES string of the molecule is Cc1cccc(-n2cc(-c3ccccc3)nc2NC(=O)CN(CC2CCCO2)C(=O)c2ccc(Cl)cc2)c1. The second kappa shape index (κ2) is 11.6. The molecule has 1 fully saturated rings. The van der Waals surface area contributed by atoms with E-state index >= 15 is 0 Å². The van der Waals surface area contributed by atoms with Gasteiger partial charge in [0.25, 0.3) is 5.91 Å². The number of imidazole rings is 1. The van der Waals surface area contributed by atoms with Crippen molar-refractivity contribution in [2.75, 3.05) is 25.0 Å². The van der Waals surface area contributed by atoms with Crippen molar-refractivity contribution in [3.8, 4) is 16.9 Å². The van der Waals surface area contributed by atoms with Gasteiger partial charge in [-0.3, -0.25) is 19.5 Å². The van der Waals surface area contributed by atoms with Gasteiger partial charge in [0.15, 0.2) is 0 Å². The van der Waals surface area contributed by atoms with Crippen LogP contribution >= 0.6 is 11.6 Å². The van der Waals surface area contributed by atoms with Crippen molar-refractivity contribution in [2.45, 2.75) is 25.9 Å². The number of carbonyl (C=O) groups is 2. The zero-order valence-corrected chi connectivity index (χ0v) is 21.9. The number of nitrogens with zero attached hydrogens (tertiary/aromatic N) is 3. The Balaban J connectivity index is 1.41. The summed E-state index contributed by atoms with van der Waals surface area (Å²) in [6.45, 7) is 2.87. The van der Waals surface area contributed by atoms with Crippen LogP contribution in [0.3, 0.4) is 0 Å². The zero-order valence-electron chi connectivity index (χ0n) is 21.1. The van der Waals surface area contributed by atoms with Crippen LogP contribution < -0.4 is 5.32 Å². The largest absolute Gasteiger partial charge is 0.376 e. The monoisotopic (exact) mass is 528 g/mol. The Kier molecular flexibility index (Phi) is 7.86. The van der Waals surface area contributed by atoms with Gasteiger partial charge in [0.2, 0.25) is 11.9 Å². The van der Waals surface area contributed by atoms with Crippen molar-refractivity contribution >= 4 is 29.4 Å². The van der Waals surface area contributed by atoms with E-state index in [9.17, 15) is 9.59 Å². The van der Waals surface area contributed by atoms with Crippen molar-refractivity contribution in [2.24, 2.45) is 0 Å². The quantitative estimate of drug-likeness (QED) is 0.315. The highest BCUT2D eigenvalue weighted by atomic mass is 35.5. The van der Waals surface area contributed by atoms with Crippen LogP contribution in [0.4, 0.5) is 5.95 Å². The van der Waals surface area contributed by atoms with Gasteiger partial charge in [0.05, 0.1) is 11.8 Å². The van der Waals surface area contributed by atoms with Crippen molar-refractivity contribution < 1.29 is 14.3 Å². The third-order valence-electron chi connectivity index (χ3n) is 6.47. The summed E-state index contributed by atoms with van der Waals surface area (Å²) >= 11 is 6.01. The predicted molar refractivity (Wildman–Crippen MR) is 149 cm³/mol. The highest BCUT2D eigenvalue weighted by Gasteiger charge is 2.26. The van der Waals surface area contributed by atoms with E-state index in [0.29, 0.717) is 29.7 Å². The summed E-state index contributed by atoms with van der Waals surface area (Å²) in [5, 5.41) is 3.49. The summed E-state index contributed by atoms with van der Waals surface area (Å²) in [5.74, 6) is -0.209. The number of halogens is 1. The third kappa shape index (κ3) is 6.13. The second-order valence-corrected chi connectivity index (χ2v) is 9.84. The molecule has 1 N–H and O–H groups in total. The van der Waals surface area contributed by atoms with Crippen molar-refractivity contribution in [3.05, 3.63) is 101 Å². The molecule has 2 amide bonds. The van der Waals surface area contributed by atoms with Gasteiger partial charge in [-0.1, -0.05) is 54.1 Å². The minimum Gasteiger partial charge on any atom is -0.376 e. The van der Waals surface area contributed by atoms with Crippen LogP contribution in [0.2, 0.25) is 5.02 Å². The highest BCUT2D eigenvalue weighted by molar-refractivity contribution is 6.30. The second-order valence-electron chi connectivity index (χ2n) is 9.40. The molecule has 0 radical (unpaired) electrons. The highest BCUT2D eigenvalue weighted by Crippen LogP contribution is 2.25. The Morgan fingerprint density at radius 2 is 1.87 bits per heavy atom. The molecule has 0 saturated carbocycles. The topological polar surface area (TPSA) is 76.5 Å². The molecular weight excluding hydrogens is 500 g/mol. The van der Waals surface area contributed by atoms with Gasteiger partial charge in [-0.05, 0) is 61.7 Å². The molecule has 3 aromatic carbocycles. The molecule has 2 heterocycles. The molecule has 7 nitrogen and oxygen atoms in total. The fraction of sp³-hybridized carbons (Fsp3) is 0.233. The Morgan fingerprint density at radius 3 is 2.58 bits per heavy atom. The molecule has 1 aliphatic rings. The summed E-state index contributed by atoms with van der Waals surface area (Å²) < 4.78 is 7.63. The Morgan fingerprint density at radius 1 is 1.08 bits per heavy atom. The summed E-state index contributed by atoms with van der Waals surface area (Å²) in [7, 11) is 0. The molecule has 1 unspecified atom stereocenters. The number of amides is 2. The normalized spacial score (nSPS) is 14.8. The average molecular weight is 529 g/mol. The smallest absolute Gasteiger partial charge is 0.254 e. The van der Waals surface area contributed by atoms with Crippen LogP contribution in [0.25, 0.3) is 16.9 Å². The Hall–Kier alpha value is -3.94. The molecule has 0 aliphatic carbocycles. The molecule has 8 heteroatoms. The maximum Gasteiger partial charge on any atom is 0.254 e. The van der Waals surface area contributed by atoms with Crippen LogP contribution in [0.5, 0.6) is 0 Å². The van der Waals surface area contributed by atoms with Gasteiger partial charge in [0.1, 0.15) is 6.54 Å². The number of benzene rings is 3. The van der Waals surface area contributed by atoms with Gasteiger partial charge >= 0.3 is 0 Å². The lowest BCUT2D eigenvalue weighted by atomic mass is 10.1. The summed E-state index contributed by atoms with van der Waals surface area (Å²) in [5.41, 5.74) is 4.10. The van der Waals surface area contributed by atoms with E-state index in [1.54, 1.807) is 24.3 Å². The molecule has 0 spiro atoms. The number of hydrogen-bond acceptors (Lipinski definition) is 4. The molecule has 0 bridgehead atoms. The zero-order chi connectivity index (χ0) is 26.5. The number of aryl methyl sites for hydroxylation is 1. The Bertz CT molecular complexity index is 1410. The number of aromatic nitrogens is 2. The van der Waals surface area contributed by atoms with Gasteiger partial charge in [0, 0.05) is 41.2 Å². The minimum atomic E-state index is -0.343. The van der Waals surface area contributed by atoms with Crippen molar-refractivity contribution in [1.29, 1.82) is 0 Å². The molecule has 4 aromatic rings. The summed E-state index contributed by atoms with van der Waals surface area (Å²) in [6.07, 6.45) is 3.60. The fourth-order valence-corrected chi connectivity index (χ4v) is 4.68. The predicted octanol–water partition coefficient (Wildman–Crippen LogP) is 5.76. The summed E-state index contributed by atoms with van der Waals surface area (Å²) in [6, 6.07) is 24.4. The standard InChI is InChI=1S/C30H29ClN4O3/c1-21-7-5-10-25(17-21)35-19-27(22-8-3-2-4-9-22)32-30(35)33-28(36)20-34(18-26-11-6-16-38-26)29(37)23-12-14-24(31)15-13-23/h2-5,7-10,12-15,17,19,26H,6,11,16,18,20H2,1H3,(H,32,33,36). The Labute approximate surface area is 227 Å². The molecular formula is C30H29ClN4O3. The first kappa shape index (κ1) is 25.7. The van der Waals surface area contributed by atoms with E-state index in [-0.39, 0.29) is 24.5 Å². The number of anilines is 1. The van der Waals surface area contributed by atoms with Crippen LogP contribution in [-0.2, 0) is 9.53 Å². The molecule has 1 atom stereocenters. The average Bonchev–Trinajstić information content (AvgIpc) is 3.59. The van der Waals surface area contributed by atoms with Crippen LogP contribution in [0.15, 0.2) is 85.1 Å². The number of hydrogen-bond donors (Lipinski definition) is 1. The molecule has 5 rings (SSSR count). The molecule has 1 saturated heterocycles. The van der Waals surface area contributed by atoms with Crippen LogP contribution in [-0.4, -0.2) is 52.1 Å². The van der Waals surface area contributed by atoms with E-state index in [0.717, 1.165) is 35.3 Å². The number of nitrogens with one attached hydrogen (secondary N) is 1. The molecule has 194 valence electrons. The van der Waals surface area contributed by atoms with E-state index in [2.05, 4.69) is 5.32 Å².